The molecule has 2 aromatic rings. The summed E-state index contributed by atoms with van der Waals surface area (Å²) in [5, 5.41) is 19.8. The van der Waals surface area contributed by atoms with Gasteiger partial charge in [-0.3, -0.25) is 0 Å². The Morgan fingerprint density at radius 1 is 1.45 bits per heavy atom. The van der Waals surface area contributed by atoms with Crippen molar-refractivity contribution < 1.29 is 14.9 Å². The predicted octanol–water partition coefficient (Wildman–Crippen LogP) is -0.995. The quantitative estimate of drug-likeness (QED) is 0.599. The SMILES string of the molecule is CC(O)[C@H]1O[C@@H](n2cnc3c(N)ncnc32)[C@H]([Se])[C@@H]1O. The molecule has 1 fully saturated rings. The van der Waals surface area contributed by atoms with Gasteiger partial charge in [-0.2, -0.15) is 0 Å². The first-order valence-electron chi connectivity index (χ1n) is 6.11. The van der Waals surface area contributed by atoms with E-state index in [1.807, 2.05) is 0 Å². The van der Waals surface area contributed by atoms with Crippen molar-refractivity contribution in [2.75, 3.05) is 5.73 Å². The normalized spacial score (nSPS) is 31.8. The van der Waals surface area contributed by atoms with Crippen LogP contribution < -0.4 is 5.73 Å². The molecule has 0 aromatic carbocycles. The van der Waals surface area contributed by atoms with Crippen LogP contribution in [0.5, 0.6) is 0 Å². The fourth-order valence-corrected chi connectivity index (χ4v) is 3.09. The maximum atomic E-state index is 10.1. The maximum absolute atomic E-state index is 10.1. The standard InChI is InChI=1S/C11H14N5O3Se/c1-4(17)7-6(18)8(20)11(19-7)16-3-15-5-9(12)13-2-14-10(5)16/h2-4,6-8,11,17-18H,1H3,(H2,12,13,14)/t4?,6-,7-,8-,11-/m1/s1. The number of anilines is 1. The van der Waals surface area contributed by atoms with Crippen LogP contribution >= 0.6 is 0 Å². The zero-order valence-corrected chi connectivity index (χ0v) is 12.3. The summed E-state index contributed by atoms with van der Waals surface area (Å²) in [7, 11) is 0. The van der Waals surface area contributed by atoms with Crippen molar-refractivity contribution in [1.29, 1.82) is 0 Å². The molecule has 2 aromatic heterocycles. The molecule has 9 heteroatoms. The number of imidazole rings is 1. The van der Waals surface area contributed by atoms with Crippen molar-refractivity contribution in [2.45, 2.75) is 36.3 Å². The van der Waals surface area contributed by atoms with Gasteiger partial charge in [-0.25, -0.2) is 0 Å². The summed E-state index contributed by atoms with van der Waals surface area (Å²) in [4.78, 5) is 11.9. The van der Waals surface area contributed by atoms with Gasteiger partial charge in [-0.05, 0) is 0 Å². The molecule has 0 spiro atoms. The first-order chi connectivity index (χ1) is 9.50. The number of hydrogen-bond acceptors (Lipinski definition) is 7. The van der Waals surface area contributed by atoms with E-state index in [-0.39, 0.29) is 10.6 Å². The topological polar surface area (TPSA) is 119 Å². The van der Waals surface area contributed by atoms with E-state index in [1.54, 1.807) is 17.8 Å². The van der Waals surface area contributed by atoms with Gasteiger partial charge < -0.3 is 0 Å². The number of ether oxygens (including phenoxy) is 1. The van der Waals surface area contributed by atoms with E-state index in [1.165, 1.54) is 6.33 Å². The number of nitrogen functional groups attached to an aromatic ring is 1. The summed E-state index contributed by atoms with van der Waals surface area (Å²) in [5.41, 5.74) is 6.75. The third-order valence-electron chi connectivity index (χ3n) is 3.39. The third-order valence-corrected chi connectivity index (χ3v) is 4.46. The zero-order chi connectivity index (χ0) is 14.4. The fourth-order valence-electron chi connectivity index (χ4n) is 2.35. The van der Waals surface area contributed by atoms with Gasteiger partial charge in [0.1, 0.15) is 0 Å². The Bertz CT molecular complexity index is 634. The van der Waals surface area contributed by atoms with Crippen molar-refractivity contribution in [3.05, 3.63) is 12.7 Å². The van der Waals surface area contributed by atoms with Crippen LogP contribution in [0.25, 0.3) is 11.2 Å². The van der Waals surface area contributed by atoms with Crippen molar-refractivity contribution >= 4 is 33.0 Å². The molecule has 1 saturated heterocycles. The Kier molecular flexibility index (Phi) is 3.39. The molecule has 20 heavy (non-hydrogen) atoms. The molecular weight excluding hydrogens is 329 g/mol. The Balaban J connectivity index is 2.02. The van der Waals surface area contributed by atoms with Crippen LogP contribution in [0.3, 0.4) is 0 Å². The number of aromatic nitrogens is 4. The van der Waals surface area contributed by atoms with Crippen LogP contribution in [0.15, 0.2) is 12.7 Å². The molecule has 1 unspecified atom stereocenters. The minimum atomic E-state index is -0.809. The first kappa shape index (κ1) is 13.7. The molecule has 1 radical (unpaired) electrons. The van der Waals surface area contributed by atoms with Crippen LogP contribution in [0.1, 0.15) is 13.2 Å². The molecule has 8 nitrogen and oxygen atoms in total. The van der Waals surface area contributed by atoms with Crippen molar-refractivity contribution in [3.8, 4) is 0 Å². The molecule has 0 amide bonds. The van der Waals surface area contributed by atoms with Gasteiger partial charge in [-0.15, -0.1) is 0 Å². The van der Waals surface area contributed by atoms with Crippen LogP contribution in [-0.2, 0) is 4.74 Å². The van der Waals surface area contributed by atoms with Gasteiger partial charge in [-0.1, -0.05) is 0 Å². The molecule has 4 N–H and O–H groups in total. The number of rotatable bonds is 2. The summed E-state index contributed by atoms with van der Waals surface area (Å²) < 4.78 is 7.41. The summed E-state index contributed by atoms with van der Waals surface area (Å²) in [6.07, 6.45) is 0.132. The van der Waals surface area contributed by atoms with Crippen molar-refractivity contribution in [3.63, 3.8) is 0 Å². The zero-order valence-electron chi connectivity index (χ0n) is 10.6. The number of aliphatic hydroxyl groups excluding tert-OH is 2. The molecule has 0 aliphatic carbocycles. The van der Waals surface area contributed by atoms with Crippen LogP contribution in [-0.4, -0.2) is 64.1 Å². The van der Waals surface area contributed by atoms with E-state index in [9.17, 15) is 10.2 Å². The third kappa shape index (κ3) is 1.99. The number of hydrogen-bond donors (Lipinski definition) is 3. The molecule has 0 saturated carbocycles. The summed E-state index contributed by atoms with van der Waals surface area (Å²) in [5.74, 6) is 0.288. The van der Waals surface area contributed by atoms with Crippen molar-refractivity contribution in [1.82, 2.24) is 19.5 Å². The van der Waals surface area contributed by atoms with Gasteiger partial charge >= 0.3 is 122 Å². The summed E-state index contributed by atoms with van der Waals surface area (Å²) in [6.45, 7) is 1.58. The second kappa shape index (κ2) is 4.94. The minimum absolute atomic E-state index is 0.288. The summed E-state index contributed by atoms with van der Waals surface area (Å²) in [6, 6.07) is 0. The number of nitrogens with zero attached hydrogens (tertiary/aromatic N) is 4. The van der Waals surface area contributed by atoms with Crippen LogP contribution in [0, 0.1) is 0 Å². The van der Waals surface area contributed by atoms with E-state index >= 15 is 0 Å². The van der Waals surface area contributed by atoms with Crippen LogP contribution in [0.4, 0.5) is 5.82 Å². The molecule has 107 valence electrons. The molecule has 3 heterocycles. The van der Waals surface area contributed by atoms with Crippen molar-refractivity contribution in [2.24, 2.45) is 0 Å². The second-order valence-corrected chi connectivity index (χ2v) is 5.91. The Labute approximate surface area is 122 Å². The van der Waals surface area contributed by atoms with E-state index in [4.69, 9.17) is 10.5 Å². The first-order valence-corrected chi connectivity index (χ1v) is 7.10. The van der Waals surface area contributed by atoms with E-state index in [0.29, 0.717) is 11.2 Å². The second-order valence-electron chi connectivity index (χ2n) is 4.77. The van der Waals surface area contributed by atoms with Gasteiger partial charge in [0, 0.05) is 0 Å². The van der Waals surface area contributed by atoms with Gasteiger partial charge in [0.15, 0.2) is 0 Å². The van der Waals surface area contributed by atoms with Gasteiger partial charge in [0.25, 0.3) is 0 Å². The molecule has 1 aliphatic rings. The van der Waals surface area contributed by atoms with E-state index in [0.717, 1.165) is 0 Å². The Morgan fingerprint density at radius 3 is 2.85 bits per heavy atom. The molecular formula is C11H14N5O3Se. The number of fused-ring (bicyclic) bond motifs is 1. The fraction of sp³-hybridized carbons (Fsp3) is 0.545. The Hall–Kier alpha value is -1.25. The predicted molar refractivity (Wildman–Crippen MR) is 70.8 cm³/mol. The number of aliphatic hydroxyl groups is 2. The molecule has 1 aliphatic heterocycles. The summed E-state index contributed by atoms with van der Waals surface area (Å²) >= 11 is 2.88. The Morgan fingerprint density at radius 2 is 2.20 bits per heavy atom. The van der Waals surface area contributed by atoms with E-state index in [2.05, 4.69) is 31.0 Å². The van der Waals surface area contributed by atoms with Gasteiger partial charge in [0.05, 0.1) is 0 Å². The molecule has 3 rings (SSSR count). The molecule has 0 bridgehead atoms. The van der Waals surface area contributed by atoms with Crippen LogP contribution in [0.2, 0.25) is 4.82 Å². The monoisotopic (exact) mass is 344 g/mol. The average molecular weight is 343 g/mol. The average Bonchev–Trinajstić information content (AvgIpc) is 2.94. The van der Waals surface area contributed by atoms with Gasteiger partial charge in [0.2, 0.25) is 0 Å². The number of nitrogens with two attached hydrogens (primary N) is 1. The molecule has 5 atom stereocenters. The van der Waals surface area contributed by atoms with E-state index < -0.39 is 24.5 Å².